The van der Waals surface area contributed by atoms with Crippen LogP contribution in [0.15, 0.2) is 36.7 Å². The largest absolute Gasteiger partial charge is 0.328 e. The van der Waals surface area contributed by atoms with E-state index in [1.807, 2.05) is 24.1 Å². The Hall–Kier alpha value is -2.14. The highest BCUT2D eigenvalue weighted by atomic mass is 15.3. The highest BCUT2D eigenvalue weighted by molar-refractivity contribution is 5.59. The molecule has 0 atom stereocenters. The Morgan fingerprint density at radius 3 is 2.53 bits per heavy atom. The molecule has 0 aliphatic carbocycles. The Morgan fingerprint density at radius 1 is 1.18 bits per heavy atom. The number of aryl methyl sites for hydroxylation is 1. The zero-order valence-corrected chi connectivity index (χ0v) is 9.88. The molecule has 0 amide bonds. The molecule has 0 bridgehead atoms. The van der Waals surface area contributed by atoms with Crippen molar-refractivity contribution >= 4 is 17.3 Å². The van der Waals surface area contributed by atoms with Crippen LogP contribution in [-0.2, 0) is 0 Å². The van der Waals surface area contributed by atoms with Gasteiger partial charge in [-0.25, -0.2) is 10.8 Å². The predicted octanol–water partition coefficient (Wildman–Crippen LogP) is 1.84. The van der Waals surface area contributed by atoms with E-state index in [-0.39, 0.29) is 0 Å². The second-order valence-corrected chi connectivity index (χ2v) is 3.80. The van der Waals surface area contributed by atoms with Gasteiger partial charge < -0.3 is 10.3 Å². The molecule has 3 N–H and O–H groups in total. The van der Waals surface area contributed by atoms with Gasteiger partial charge in [-0.1, -0.05) is 17.7 Å². The topological polar surface area (TPSA) is 67.1 Å². The van der Waals surface area contributed by atoms with E-state index < -0.39 is 0 Å². The maximum atomic E-state index is 5.31. The molecule has 5 nitrogen and oxygen atoms in total. The summed E-state index contributed by atoms with van der Waals surface area (Å²) in [6.07, 6.45) is 3.27. The van der Waals surface area contributed by atoms with E-state index >= 15 is 0 Å². The fourth-order valence-corrected chi connectivity index (χ4v) is 1.49. The van der Waals surface area contributed by atoms with Crippen LogP contribution < -0.4 is 16.2 Å². The van der Waals surface area contributed by atoms with Gasteiger partial charge in [-0.15, -0.1) is 0 Å². The summed E-state index contributed by atoms with van der Waals surface area (Å²) in [5.74, 6) is 6.59. The van der Waals surface area contributed by atoms with Crippen LogP contribution in [0, 0.1) is 6.92 Å². The summed E-state index contributed by atoms with van der Waals surface area (Å²) in [5.41, 5.74) is 4.76. The first-order chi connectivity index (χ1) is 8.20. The van der Waals surface area contributed by atoms with Gasteiger partial charge in [0, 0.05) is 12.7 Å². The van der Waals surface area contributed by atoms with Crippen molar-refractivity contribution in [3.8, 4) is 0 Å². The van der Waals surface area contributed by atoms with E-state index in [2.05, 4.69) is 34.5 Å². The van der Waals surface area contributed by atoms with Crippen molar-refractivity contribution in [1.29, 1.82) is 0 Å². The maximum Gasteiger partial charge on any atom is 0.160 e. The summed E-state index contributed by atoms with van der Waals surface area (Å²) in [4.78, 5) is 10.3. The molecule has 0 aliphatic rings. The first-order valence-electron chi connectivity index (χ1n) is 5.30. The van der Waals surface area contributed by atoms with Crippen LogP contribution in [0.5, 0.6) is 0 Å². The number of nitrogens with zero attached hydrogens (tertiary/aromatic N) is 3. The van der Waals surface area contributed by atoms with Crippen LogP contribution >= 0.6 is 0 Å². The van der Waals surface area contributed by atoms with Crippen LogP contribution in [0.3, 0.4) is 0 Å². The number of nitrogens with two attached hydrogens (primary N) is 1. The third-order valence-corrected chi connectivity index (χ3v) is 2.53. The number of benzene rings is 1. The van der Waals surface area contributed by atoms with Crippen LogP contribution in [-0.4, -0.2) is 17.0 Å². The summed E-state index contributed by atoms with van der Waals surface area (Å²) < 4.78 is 0. The van der Waals surface area contributed by atoms with Gasteiger partial charge in [0.25, 0.3) is 0 Å². The van der Waals surface area contributed by atoms with Gasteiger partial charge in [0.2, 0.25) is 0 Å². The molecule has 17 heavy (non-hydrogen) atoms. The summed E-state index contributed by atoms with van der Waals surface area (Å²) in [6, 6.07) is 8.20. The molecule has 0 aliphatic heterocycles. The van der Waals surface area contributed by atoms with Crippen molar-refractivity contribution in [3.05, 3.63) is 42.2 Å². The molecule has 0 spiro atoms. The smallest absolute Gasteiger partial charge is 0.160 e. The van der Waals surface area contributed by atoms with Gasteiger partial charge >= 0.3 is 0 Å². The van der Waals surface area contributed by atoms with Gasteiger partial charge in [-0.3, -0.25) is 4.98 Å². The summed E-state index contributed by atoms with van der Waals surface area (Å²) in [5, 5.41) is 0. The second-order valence-electron chi connectivity index (χ2n) is 3.80. The number of nitrogens with one attached hydrogen (secondary N) is 1. The monoisotopic (exact) mass is 229 g/mol. The molecule has 0 radical (unpaired) electrons. The molecule has 1 aromatic carbocycles. The lowest BCUT2D eigenvalue weighted by atomic mass is 10.2. The number of rotatable bonds is 3. The SMILES string of the molecule is Cc1ccc(N(C)c2cncc(NN)n2)cc1. The molecule has 5 heteroatoms. The van der Waals surface area contributed by atoms with Crippen molar-refractivity contribution in [2.75, 3.05) is 17.4 Å². The molecule has 1 heterocycles. The molecule has 0 unspecified atom stereocenters. The highest BCUT2D eigenvalue weighted by Gasteiger charge is 2.06. The maximum absolute atomic E-state index is 5.31. The fourth-order valence-electron chi connectivity index (χ4n) is 1.49. The molecule has 88 valence electrons. The van der Waals surface area contributed by atoms with Crippen molar-refractivity contribution < 1.29 is 0 Å². The molecular weight excluding hydrogens is 214 g/mol. The minimum Gasteiger partial charge on any atom is -0.328 e. The van der Waals surface area contributed by atoms with E-state index in [4.69, 9.17) is 5.84 Å². The predicted molar refractivity (Wildman–Crippen MR) is 69.1 cm³/mol. The van der Waals surface area contributed by atoms with Gasteiger partial charge in [-0.05, 0) is 19.1 Å². The molecule has 2 rings (SSSR count). The zero-order valence-electron chi connectivity index (χ0n) is 9.88. The highest BCUT2D eigenvalue weighted by Crippen LogP contribution is 2.21. The number of aromatic nitrogens is 2. The standard InChI is InChI=1S/C12H15N5/c1-9-3-5-10(6-4-9)17(2)12-8-14-7-11(15-12)16-13/h3-8H,13H2,1-2H3,(H,15,16). The van der Waals surface area contributed by atoms with Crippen LogP contribution in [0.25, 0.3) is 0 Å². The van der Waals surface area contributed by atoms with Gasteiger partial charge in [0.15, 0.2) is 11.6 Å². The third-order valence-electron chi connectivity index (χ3n) is 2.53. The first-order valence-corrected chi connectivity index (χ1v) is 5.30. The van der Waals surface area contributed by atoms with E-state index in [1.54, 1.807) is 12.4 Å². The quantitative estimate of drug-likeness (QED) is 0.621. The normalized spacial score (nSPS) is 10.1. The van der Waals surface area contributed by atoms with Gasteiger partial charge in [0.05, 0.1) is 12.4 Å². The van der Waals surface area contributed by atoms with E-state index in [0.717, 1.165) is 11.5 Å². The average molecular weight is 229 g/mol. The molecule has 2 aromatic rings. The molecule has 0 saturated heterocycles. The van der Waals surface area contributed by atoms with Crippen molar-refractivity contribution in [2.45, 2.75) is 6.92 Å². The third kappa shape index (κ3) is 2.51. The van der Waals surface area contributed by atoms with E-state index in [1.165, 1.54) is 5.56 Å². The fraction of sp³-hybridized carbons (Fsp3) is 0.167. The van der Waals surface area contributed by atoms with Gasteiger partial charge in [-0.2, -0.15) is 0 Å². The number of anilines is 3. The summed E-state index contributed by atoms with van der Waals surface area (Å²) >= 11 is 0. The van der Waals surface area contributed by atoms with E-state index in [9.17, 15) is 0 Å². The lowest BCUT2D eigenvalue weighted by Gasteiger charge is -2.18. The molecule has 0 saturated carbocycles. The lowest BCUT2D eigenvalue weighted by molar-refractivity contribution is 1.07. The number of hydrazine groups is 1. The first kappa shape index (κ1) is 11.3. The minimum atomic E-state index is 0.543. The molecule has 0 fully saturated rings. The summed E-state index contributed by atoms with van der Waals surface area (Å²) in [6.45, 7) is 2.06. The molecule has 1 aromatic heterocycles. The summed E-state index contributed by atoms with van der Waals surface area (Å²) in [7, 11) is 1.94. The average Bonchev–Trinajstić information content (AvgIpc) is 2.39. The lowest BCUT2D eigenvalue weighted by Crippen LogP contribution is -2.14. The van der Waals surface area contributed by atoms with E-state index in [0.29, 0.717) is 5.82 Å². The number of hydrogen-bond donors (Lipinski definition) is 2. The minimum absolute atomic E-state index is 0.543. The number of nitrogen functional groups attached to an aromatic ring is 1. The van der Waals surface area contributed by atoms with Crippen molar-refractivity contribution in [3.63, 3.8) is 0 Å². The molecular formula is C12H15N5. The Balaban J connectivity index is 2.29. The van der Waals surface area contributed by atoms with Crippen LogP contribution in [0.4, 0.5) is 17.3 Å². The second kappa shape index (κ2) is 4.80. The number of hydrogen-bond acceptors (Lipinski definition) is 5. The van der Waals surface area contributed by atoms with Crippen LogP contribution in [0.1, 0.15) is 5.56 Å². The zero-order chi connectivity index (χ0) is 12.3. The van der Waals surface area contributed by atoms with Crippen LogP contribution in [0.2, 0.25) is 0 Å². The van der Waals surface area contributed by atoms with Gasteiger partial charge in [0.1, 0.15) is 0 Å². The Morgan fingerprint density at radius 2 is 1.88 bits per heavy atom. The van der Waals surface area contributed by atoms with Crippen molar-refractivity contribution in [2.24, 2.45) is 5.84 Å². The Bertz CT molecular complexity index is 495. The Kier molecular flexibility index (Phi) is 3.20. The Labute approximate surface area is 100 Å². The van der Waals surface area contributed by atoms with Crippen molar-refractivity contribution in [1.82, 2.24) is 9.97 Å².